The molecule has 0 fully saturated rings. The Bertz CT molecular complexity index is 1180. The van der Waals surface area contributed by atoms with Crippen molar-refractivity contribution in [1.82, 2.24) is 20.2 Å². The highest BCUT2D eigenvalue weighted by molar-refractivity contribution is 6.01. The van der Waals surface area contributed by atoms with Gasteiger partial charge in [0.2, 0.25) is 0 Å². The van der Waals surface area contributed by atoms with Gasteiger partial charge in [-0.25, -0.2) is 4.68 Å². The summed E-state index contributed by atoms with van der Waals surface area (Å²) in [5.74, 6) is -0.0172. The monoisotopic (exact) mass is 478 g/mol. The van der Waals surface area contributed by atoms with Crippen LogP contribution in [0.4, 0.5) is 0 Å². The van der Waals surface area contributed by atoms with E-state index in [2.05, 4.69) is 15.5 Å². The lowest BCUT2D eigenvalue weighted by Gasteiger charge is -2.15. The zero-order valence-corrected chi connectivity index (χ0v) is 19.6. The molecule has 0 radical (unpaired) electrons. The number of hydrogen-bond acceptors (Lipinski definition) is 8. The molecule has 0 aliphatic carbocycles. The molecule has 0 saturated carbocycles. The van der Waals surface area contributed by atoms with Gasteiger partial charge in [0, 0.05) is 19.0 Å². The van der Waals surface area contributed by atoms with Gasteiger partial charge in [0.25, 0.3) is 0 Å². The van der Waals surface area contributed by atoms with Crippen LogP contribution in [0.15, 0.2) is 60.7 Å². The van der Waals surface area contributed by atoms with Gasteiger partial charge in [0.05, 0.1) is 20.3 Å². The molecule has 0 spiro atoms. The van der Waals surface area contributed by atoms with Crippen molar-refractivity contribution in [2.75, 3.05) is 14.2 Å². The molecule has 1 unspecified atom stereocenters. The molecule has 10 heteroatoms. The van der Waals surface area contributed by atoms with Gasteiger partial charge in [0.1, 0.15) is 23.7 Å². The number of nitrogens with zero attached hydrogens (tertiary/aromatic N) is 4. The number of carbonyl (C=O) groups is 2. The number of carboxylic acids is 1. The van der Waals surface area contributed by atoms with Crippen molar-refractivity contribution in [3.8, 4) is 11.5 Å². The highest BCUT2D eigenvalue weighted by atomic mass is 16.5. The molecule has 1 heterocycles. The van der Waals surface area contributed by atoms with Crippen molar-refractivity contribution in [2.45, 2.75) is 18.9 Å². The minimum Gasteiger partial charge on any atom is -0.497 e. The third-order valence-electron chi connectivity index (χ3n) is 5.16. The fraction of sp³-hybridized carbons (Fsp3) is 0.240. The number of aromatic nitrogens is 4. The Hall–Kier alpha value is -4.31. The van der Waals surface area contributed by atoms with Crippen molar-refractivity contribution in [1.29, 1.82) is 0 Å². The highest BCUT2D eigenvalue weighted by Gasteiger charge is 2.18. The summed E-state index contributed by atoms with van der Waals surface area (Å²) in [6, 6.07) is 14.9. The number of carbonyl (C=O) groups excluding carboxylic acids is 1. The molecule has 3 rings (SSSR count). The minimum atomic E-state index is -1.24. The maximum Gasteiger partial charge on any atom is 0.310 e. The van der Waals surface area contributed by atoms with Crippen molar-refractivity contribution in [3.63, 3.8) is 0 Å². The summed E-state index contributed by atoms with van der Waals surface area (Å²) in [5, 5.41) is 31.0. The molecular weight excluding hydrogens is 452 g/mol. The van der Waals surface area contributed by atoms with Crippen molar-refractivity contribution < 1.29 is 29.3 Å². The minimum absolute atomic E-state index is 0.326. The first-order chi connectivity index (χ1) is 16.8. The molecule has 182 valence electrons. The average molecular weight is 479 g/mol. The molecule has 2 aromatic carbocycles. The first-order valence-corrected chi connectivity index (χ1v) is 10.7. The van der Waals surface area contributed by atoms with Gasteiger partial charge in [0.15, 0.2) is 5.82 Å². The van der Waals surface area contributed by atoms with Crippen LogP contribution in [-0.2, 0) is 16.6 Å². The van der Waals surface area contributed by atoms with Crippen LogP contribution in [-0.4, -0.2) is 62.5 Å². The molecule has 0 bridgehead atoms. The van der Waals surface area contributed by atoms with Crippen LogP contribution in [0.2, 0.25) is 0 Å². The topological polar surface area (TPSA) is 137 Å². The molecule has 1 atom stereocenters. The van der Waals surface area contributed by atoms with E-state index in [0.29, 0.717) is 22.9 Å². The highest BCUT2D eigenvalue weighted by Crippen LogP contribution is 2.34. The van der Waals surface area contributed by atoms with Gasteiger partial charge in [-0.15, -0.1) is 5.10 Å². The number of ether oxygens (including phenoxy) is 2. The number of aliphatic hydroxyl groups is 1. The van der Waals surface area contributed by atoms with Gasteiger partial charge in [-0.3, -0.25) is 9.59 Å². The first kappa shape index (κ1) is 25.3. The maximum absolute atomic E-state index is 11.8. The Balaban J connectivity index is 2.16. The fourth-order valence-corrected chi connectivity index (χ4v) is 3.47. The summed E-state index contributed by atoms with van der Waals surface area (Å²) < 4.78 is 12.1. The zero-order chi connectivity index (χ0) is 25.4. The van der Waals surface area contributed by atoms with Gasteiger partial charge >= 0.3 is 5.97 Å². The number of allylic oxidation sites excluding steroid dienone is 2. The van der Waals surface area contributed by atoms with E-state index >= 15 is 0 Å². The van der Waals surface area contributed by atoms with Crippen LogP contribution in [0.1, 0.15) is 29.8 Å². The molecule has 0 amide bonds. The number of hydrogen-bond donors (Lipinski definition) is 2. The normalized spacial score (nSPS) is 11.8. The van der Waals surface area contributed by atoms with E-state index in [0.717, 1.165) is 16.7 Å². The second-order valence-electron chi connectivity index (χ2n) is 7.61. The Labute approximate surface area is 202 Å². The number of aryl methyl sites for hydroxylation is 1. The van der Waals surface area contributed by atoms with E-state index in [9.17, 15) is 14.7 Å². The third kappa shape index (κ3) is 6.61. The summed E-state index contributed by atoms with van der Waals surface area (Å²) >= 11 is 0. The molecule has 10 nitrogen and oxygen atoms in total. The lowest BCUT2D eigenvalue weighted by molar-refractivity contribution is -0.140. The molecule has 3 aromatic rings. The molecule has 35 heavy (non-hydrogen) atoms. The number of carboxylic acid groups (broad SMARTS) is 1. The Morgan fingerprint density at radius 2 is 1.54 bits per heavy atom. The molecule has 0 saturated heterocycles. The summed E-state index contributed by atoms with van der Waals surface area (Å²) in [7, 11) is 4.86. The van der Waals surface area contributed by atoms with Gasteiger partial charge in [-0.2, -0.15) is 0 Å². The number of methoxy groups -OCH3 is 2. The second-order valence-corrected chi connectivity index (χ2v) is 7.61. The Kier molecular flexibility index (Phi) is 8.47. The quantitative estimate of drug-likeness (QED) is 0.315. The van der Waals surface area contributed by atoms with Gasteiger partial charge in [-0.1, -0.05) is 36.4 Å². The van der Waals surface area contributed by atoms with Crippen LogP contribution in [0.25, 0.3) is 11.1 Å². The number of ketones is 1. The lowest BCUT2D eigenvalue weighted by Crippen LogP contribution is -2.14. The van der Waals surface area contributed by atoms with Crippen molar-refractivity contribution >= 4 is 22.9 Å². The second kappa shape index (κ2) is 11.7. The predicted molar refractivity (Wildman–Crippen MR) is 128 cm³/mol. The Morgan fingerprint density at radius 3 is 1.97 bits per heavy atom. The summed E-state index contributed by atoms with van der Waals surface area (Å²) in [5.41, 5.74) is 3.00. The molecule has 0 aliphatic rings. The van der Waals surface area contributed by atoms with E-state index in [1.165, 1.54) is 10.8 Å². The first-order valence-electron chi connectivity index (χ1n) is 10.7. The number of tetrazole rings is 1. The third-order valence-corrected chi connectivity index (χ3v) is 5.16. The number of aliphatic carboxylic acids is 1. The largest absolute Gasteiger partial charge is 0.497 e. The Morgan fingerprint density at radius 1 is 1.00 bits per heavy atom. The molecule has 0 aliphatic heterocycles. The summed E-state index contributed by atoms with van der Waals surface area (Å²) in [6.07, 6.45) is 0.897. The van der Waals surface area contributed by atoms with Crippen LogP contribution in [0.3, 0.4) is 0 Å². The standard InChI is InChI=1S/C25H26N4O6/c1-29-25(26-27-28-29)22(13-8-18(30)14-19(31)15-23(32)33)24(16-4-9-20(34-2)10-5-16)17-6-11-21(35-3)12-7-17/h4-13,18,30H,14-15H2,1-3H3,(H,32,33). The zero-order valence-electron chi connectivity index (χ0n) is 19.6. The number of aliphatic hydroxyl groups excluding tert-OH is 1. The van der Waals surface area contributed by atoms with Crippen LogP contribution in [0.5, 0.6) is 11.5 Å². The molecule has 1 aromatic heterocycles. The number of benzene rings is 2. The van der Waals surface area contributed by atoms with E-state index in [-0.39, 0.29) is 6.42 Å². The van der Waals surface area contributed by atoms with E-state index < -0.39 is 24.3 Å². The lowest BCUT2D eigenvalue weighted by atomic mass is 9.91. The molecule has 2 N–H and O–H groups in total. The summed E-state index contributed by atoms with van der Waals surface area (Å²) in [4.78, 5) is 22.6. The van der Waals surface area contributed by atoms with Crippen LogP contribution >= 0.6 is 0 Å². The number of Topliss-reactive ketones (excluding diaryl/α,β-unsaturated/α-hetero) is 1. The van der Waals surface area contributed by atoms with E-state index in [1.54, 1.807) is 27.3 Å². The SMILES string of the molecule is COc1ccc(C(=C(C=CC(O)CC(=O)CC(=O)O)c2nnnn2C)c2ccc(OC)cc2)cc1. The van der Waals surface area contributed by atoms with Crippen LogP contribution in [0, 0.1) is 0 Å². The predicted octanol–water partition coefficient (Wildman–Crippen LogP) is 2.54. The van der Waals surface area contributed by atoms with Crippen LogP contribution < -0.4 is 9.47 Å². The molecular formula is C25H26N4O6. The van der Waals surface area contributed by atoms with Crippen molar-refractivity contribution in [3.05, 3.63) is 77.6 Å². The van der Waals surface area contributed by atoms with Gasteiger partial charge < -0.3 is 19.7 Å². The number of rotatable bonds is 11. The van der Waals surface area contributed by atoms with E-state index in [4.69, 9.17) is 14.6 Å². The summed E-state index contributed by atoms with van der Waals surface area (Å²) in [6.45, 7) is 0. The van der Waals surface area contributed by atoms with Crippen molar-refractivity contribution in [2.24, 2.45) is 7.05 Å². The fourth-order valence-electron chi connectivity index (χ4n) is 3.47. The smallest absolute Gasteiger partial charge is 0.310 e. The van der Waals surface area contributed by atoms with E-state index in [1.807, 2.05) is 48.5 Å². The average Bonchev–Trinajstić information content (AvgIpc) is 3.27. The van der Waals surface area contributed by atoms with Gasteiger partial charge in [-0.05, 0) is 51.4 Å². The maximum atomic E-state index is 11.8.